The van der Waals surface area contributed by atoms with Gasteiger partial charge in [0.15, 0.2) is 5.75 Å². The van der Waals surface area contributed by atoms with Crippen LogP contribution in [-0.2, 0) is 15.8 Å². The number of carbonyl (C=O) groups excluding carboxylic acids is 3. The van der Waals surface area contributed by atoms with Crippen LogP contribution in [0.1, 0.15) is 11.1 Å². The molecule has 0 saturated carbocycles. The number of rotatable bonds is 4. The fraction of sp³-hybridized carbons (Fsp3) is 0.105. The molecule has 10 nitrogen and oxygen atoms in total. The summed E-state index contributed by atoms with van der Waals surface area (Å²) in [4.78, 5) is 47.9. The molecule has 0 spiro atoms. The molecular weight excluding hydrogens is 475 g/mol. The number of phenolic OH excluding ortho intramolecular Hbond substituents is 1. The van der Waals surface area contributed by atoms with Crippen molar-refractivity contribution >= 4 is 46.9 Å². The van der Waals surface area contributed by atoms with Gasteiger partial charge >= 0.3 is 17.9 Å². The van der Waals surface area contributed by atoms with Crippen LogP contribution in [-0.4, -0.2) is 35.0 Å². The molecular formula is C19H11ClF3N3O7. The van der Waals surface area contributed by atoms with Gasteiger partial charge in [-0.2, -0.15) is 13.2 Å². The summed E-state index contributed by atoms with van der Waals surface area (Å²) in [7, 11) is 1.10. The molecule has 0 bridgehead atoms. The maximum Gasteiger partial charge on any atom is 0.416 e. The SMILES string of the molecule is COc1cc(/C=C2/C(=O)NC(=O)N(c3cc(C(F)(F)F)ccc3Cl)C2=O)cc([N+](=O)[O-])c1O. The summed E-state index contributed by atoms with van der Waals surface area (Å²) in [5, 5.41) is 22.4. The zero-order valence-electron chi connectivity index (χ0n) is 16.3. The Bertz CT molecular complexity index is 1240. The van der Waals surface area contributed by atoms with Gasteiger partial charge in [0.25, 0.3) is 11.8 Å². The Kier molecular flexibility index (Phi) is 6.01. The fourth-order valence-electron chi connectivity index (χ4n) is 2.90. The van der Waals surface area contributed by atoms with Crippen LogP contribution in [0, 0.1) is 10.1 Å². The number of amides is 4. The van der Waals surface area contributed by atoms with E-state index < -0.39 is 57.2 Å². The highest BCUT2D eigenvalue weighted by Gasteiger charge is 2.39. The Morgan fingerprint density at radius 1 is 1.21 bits per heavy atom. The number of anilines is 1. The van der Waals surface area contributed by atoms with Gasteiger partial charge in [-0.05, 0) is 35.9 Å². The lowest BCUT2D eigenvalue weighted by molar-refractivity contribution is -0.386. The summed E-state index contributed by atoms with van der Waals surface area (Å²) in [5.74, 6) is -3.70. The van der Waals surface area contributed by atoms with E-state index in [4.69, 9.17) is 16.3 Å². The van der Waals surface area contributed by atoms with Gasteiger partial charge < -0.3 is 9.84 Å². The first kappa shape index (κ1) is 23.5. The van der Waals surface area contributed by atoms with E-state index in [1.165, 1.54) is 0 Å². The van der Waals surface area contributed by atoms with Crippen molar-refractivity contribution in [3.63, 3.8) is 0 Å². The number of phenols is 1. The Balaban J connectivity index is 2.13. The third kappa shape index (κ3) is 4.43. The van der Waals surface area contributed by atoms with Crippen molar-refractivity contribution in [2.24, 2.45) is 0 Å². The molecule has 33 heavy (non-hydrogen) atoms. The number of methoxy groups -OCH3 is 1. The standard InChI is InChI=1S/C19H11ClF3N3O7/c1-33-14-6-8(5-13(15(14)27)26(31)32)4-10-16(28)24-18(30)25(17(10)29)12-7-9(19(21,22)23)2-3-11(12)20/h2-7,27H,1H3,(H,24,28,30)/b10-4-. The first-order valence-corrected chi connectivity index (χ1v) is 9.06. The second-order valence-corrected chi connectivity index (χ2v) is 6.88. The lowest BCUT2D eigenvalue weighted by Gasteiger charge is -2.27. The molecule has 14 heteroatoms. The number of carbonyl (C=O) groups is 3. The molecule has 1 saturated heterocycles. The molecule has 2 aromatic rings. The predicted octanol–water partition coefficient (Wildman–Crippen LogP) is 3.65. The van der Waals surface area contributed by atoms with Gasteiger partial charge in [-0.3, -0.25) is 25.0 Å². The quantitative estimate of drug-likeness (QED) is 0.291. The first-order valence-electron chi connectivity index (χ1n) is 8.68. The molecule has 1 aliphatic rings. The molecule has 1 fully saturated rings. The largest absolute Gasteiger partial charge is 0.500 e. The molecule has 1 heterocycles. The van der Waals surface area contributed by atoms with E-state index >= 15 is 0 Å². The summed E-state index contributed by atoms with van der Waals surface area (Å²) in [6, 6.07) is 2.47. The maximum absolute atomic E-state index is 13.1. The van der Waals surface area contributed by atoms with E-state index in [-0.39, 0.29) is 21.2 Å². The number of nitro groups is 1. The van der Waals surface area contributed by atoms with Gasteiger partial charge in [0.1, 0.15) is 5.57 Å². The smallest absolute Gasteiger partial charge is 0.416 e. The number of nitro benzene ring substituents is 1. The van der Waals surface area contributed by atoms with Crippen molar-refractivity contribution in [2.75, 3.05) is 12.0 Å². The number of halogens is 4. The van der Waals surface area contributed by atoms with Crippen LogP contribution in [0.25, 0.3) is 6.08 Å². The summed E-state index contributed by atoms with van der Waals surface area (Å²) < 4.78 is 44.1. The normalized spacial score (nSPS) is 15.6. The number of alkyl halides is 3. The van der Waals surface area contributed by atoms with Gasteiger partial charge in [-0.15, -0.1) is 0 Å². The molecule has 3 rings (SSSR count). The van der Waals surface area contributed by atoms with Gasteiger partial charge in [0, 0.05) is 6.07 Å². The Labute approximate surface area is 187 Å². The highest BCUT2D eigenvalue weighted by Crippen LogP contribution is 2.39. The van der Waals surface area contributed by atoms with Crippen molar-refractivity contribution in [3.8, 4) is 11.5 Å². The van der Waals surface area contributed by atoms with Gasteiger partial charge in [0.05, 0.1) is 28.3 Å². The third-order valence-electron chi connectivity index (χ3n) is 4.42. The Morgan fingerprint density at radius 3 is 2.45 bits per heavy atom. The average Bonchev–Trinajstić information content (AvgIpc) is 2.72. The van der Waals surface area contributed by atoms with Gasteiger partial charge in [-0.1, -0.05) is 11.6 Å². The second-order valence-electron chi connectivity index (χ2n) is 6.47. The van der Waals surface area contributed by atoms with Crippen LogP contribution >= 0.6 is 11.6 Å². The van der Waals surface area contributed by atoms with E-state index in [1.807, 2.05) is 0 Å². The lowest BCUT2D eigenvalue weighted by atomic mass is 10.0. The van der Waals surface area contributed by atoms with Crippen molar-refractivity contribution < 1.29 is 42.3 Å². The number of hydrogen-bond acceptors (Lipinski definition) is 7. The molecule has 0 atom stereocenters. The van der Waals surface area contributed by atoms with E-state index in [0.29, 0.717) is 12.1 Å². The van der Waals surface area contributed by atoms with Crippen LogP contribution in [0.15, 0.2) is 35.9 Å². The van der Waals surface area contributed by atoms with Crippen molar-refractivity contribution in [1.82, 2.24) is 5.32 Å². The lowest BCUT2D eigenvalue weighted by Crippen LogP contribution is -2.54. The highest BCUT2D eigenvalue weighted by molar-refractivity contribution is 6.42. The summed E-state index contributed by atoms with van der Waals surface area (Å²) in [6.07, 6.45) is -3.97. The van der Waals surface area contributed by atoms with Crippen LogP contribution in [0.5, 0.6) is 11.5 Å². The number of urea groups is 1. The average molecular weight is 486 g/mol. The molecule has 4 amide bonds. The molecule has 2 N–H and O–H groups in total. The molecule has 0 radical (unpaired) electrons. The topological polar surface area (TPSA) is 139 Å². The minimum Gasteiger partial charge on any atom is -0.500 e. The number of imide groups is 2. The van der Waals surface area contributed by atoms with E-state index in [0.717, 1.165) is 31.4 Å². The molecule has 0 aromatic heterocycles. The second kappa shape index (κ2) is 8.43. The molecule has 172 valence electrons. The van der Waals surface area contributed by atoms with Crippen molar-refractivity contribution in [3.05, 3.63) is 62.2 Å². The molecule has 0 unspecified atom stereocenters. The monoisotopic (exact) mass is 485 g/mol. The third-order valence-corrected chi connectivity index (χ3v) is 4.74. The fourth-order valence-corrected chi connectivity index (χ4v) is 3.10. The Morgan fingerprint density at radius 2 is 1.88 bits per heavy atom. The van der Waals surface area contributed by atoms with Crippen LogP contribution in [0.4, 0.5) is 29.3 Å². The number of ether oxygens (including phenoxy) is 1. The minimum atomic E-state index is -4.81. The number of benzene rings is 2. The van der Waals surface area contributed by atoms with Crippen LogP contribution < -0.4 is 15.0 Å². The maximum atomic E-state index is 13.1. The van der Waals surface area contributed by atoms with E-state index in [2.05, 4.69) is 0 Å². The predicted molar refractivity (Wildman–Crippen MR) is 107 cm³/mol. The highest BCUT2D eigenvalue weighted by atomic mass is 35.5. The number of hydrogen-bond donors (Lipinski definition) is 2. The summed E-state index contributed by atoms with van der Waals surface area (Å²) in [5.41, 5.74) is -3.55. The van der Waals surface area contributed by atoms with Gasteiger partial charge in [0.2, 0.25) is 5.75 Å². The molecule has 1 aliphatic heterocycles. The number of nitrogens with zero attached hydrogens (tertiary/aromatic N) is 2. The molecule has 0 aliphatic carbocycles. The first-order chi connectivity index (χ1) is 15.3. The van der Waals surface area contributed by atoms with Crippen LogP contribution in [0.3, 0.4) is 0 Å². The van der Waals surface area contributed by atoms with Crippen molar-refractivity contribution in [1.29, 1.82) is 0 Å². The number of nitrogens with one attached hydrogen (secondary N) is 1. The van der Waals surface area contributed by atoms with Gasteiger partial charge in [-0.25, -0.2) is 9.69 Å². The Hall–Kier alpha value is -4.13. The zero-order chi connectivity index (χ0) is 24.7. The zero-order valence-corrected chi connectivity index (χ0v) is 17.0. The van der Waals surface area contributed by atoms with Crippen LogP contribution in [0.2, 0.25) is 5.02 Å². The number of barbiturate groups is 1. The van der Waals surface area contributed by atoms with E-state index in [9.17, 15) is 42.8 Å². The molecule has 2 aromatic carbocycles. The van der Waals surface area contributed by atoms with Crippen molar-refractivity contribution in [2.45, 2.75) is 6.18 Å². The summed E-state index contributed by atoms with van der Waals surface area (Å²) in [6.45, 7) is 0. The minimum absolute atomic E-state index is 0.153. The van der Waals surface area contributed by atoms with E-state index in [1.54, 1.807) is 5.32 Å². The number of aromatic hydroxyl groups is 1. The summed E-state index contributed by atoms with van der Waals surface area (Å²) >= 11 is 5.90.